The Morgan fingerprint density at radius 1 is 1.30 bits per heavy atom. The highest BCUT2D eigenvalue weighted by atomic mass is 15.3. The van der Waals surface area contributed by atoms with Gasteiger partial charge in [-0.3, -0.25) is 4.90 Å². The van der Waals surface area contributed by atoms with Crippen molar-refractivity contribution in [3.63, 3.8) is 0 Å². The summed E-state index contributed by atoms with van der Waals surface area (Å²) in [6.07, 6.45) is 3.24. The summed E-state index contributed by atoms with van der Waals surface area (Å²) in [7, 11) is 0. The molecule has 1 fully saturated rings. The molecule has 4 heteroatoms. The first-order chi connectivity index (χ1) is 9.72. The van der Waals surface area contributed by atoms with Gasteiger partial charge in [0.2, 0.25) is 0 Å². The summed E-state index contributed by atoms with van der Waals surface area (Å²) in [5.41, 5.74) is 8.22. The smallest absolute Gasteiger partial charge is 0.0769 e. The van der Waals surface area contributed by atoms with Crippen LogP contribution in [0.5, 0.6) is 0 Å². The number of nitrogens with zero attached hydrogens (tertiary/aromatic N) is 3. The fraction of sp³-hybridized carbons (Fsp3) is 0.438. The van der Waals surface area contributed by atoms with E-state index in [1.807, 2.05) is 29.1 Å². The van der Waals surface area contributed by atoms with E-state index in [1.54, 1.807) is 0 Å². The fourth-order valence-electron chi connectivity index (χ4n) is 2.84. The summed E-state index contributed by atoms with van der Waals surface area (Å²) in [6, 6.07) is 12.6. The number of hydrogen-bond donors (Lipinski definition) is 1. The fourth-order valence-corrected chi connectivity index (χ4v) is 2.84. The van der Waals surface area contributed by atoms with Crippen LogP contribution in [0.3, 0.4) is 0 Å². The van der Waals surface area contributed by atoms with Gasteiger partial charge in [-0.2, -0.15) is 5.10 Å². The van der Waals surface area contributed by atoms with Crippen molar-refractivity contribution in [1.82, 2.24) is 14.7 Å². The molecule has 0 bridgehead atoms. The number of nitrogens with two attached hydrogens (primary N) is 1. The maximum absolute atomic E-state index is 5.99. The molecule has 106 valence electrons. The van der Waals surface area contributed by atoms with E-state index >= 15 is 0 Å². The molecular formula is C16H22N4. The van der Waals surface area contributed by atoms with Crippen LogP contribution in [0.4, 0.5) is 0 Å². The van der Waals surface area contributed by atoms with Crippen molar-refractivity contribution in [2.75, 3.05) is 13.1 Å². The maximum atomic E-state index is 5.99. The van der Waals surface area contributed by atoms with Crippen LogP contribution in [0.2, 0.25) is 0 Å². The molecule has 4 nitrogen and oxygen atoms in total. The Morgan fingerprint density at radius 2 is 2.10 bits per heavy atom. The zero-order chi connectivity index (χ0) is 13.9. The van der Waals surface area contributed by atoms with E-state index in [2.05, 4.69) is 35.1 Å². The number of benzene rings is 1. The zero-order valence-corrected chi connectivity index (χ0v) is 11.9. The molecule has 0 spiro atoms. The van der Waals surface area contributed by atoms with E-state index in [1.165, 1.54) is 6.42 Å². The van der Waals surface area contributed by atoms with Gasteiger partial charge in [-0.1, -0.05) is 18.2 Å². The van der Waals surface area contributed by atoms with E-state index in [4.69, 9.17) is 5.73 Å². The molecule has 20 heavy (non-hydrogen) atoms. The number of likely N-dealkylation sites (tertiary alicyclic amines) is 1. The summed E-state index contributed by atoms with van der Waals surface area (Å²) < 4.78 is 1.94. The molecular weight excluding hydrogens is 248 g/mol. The van der Waals surface area contributed by atoms with Crippen LogP contribution in [-0.4, -0.2) is 33.8 Å². The van der Waals surface area contributed by atoms with E-state index in [-0.39, 0.29) is 0 Å². The lowest BCUT2D eigenvalue weighted by atomic mass is 10.0. The summed E-state index contributed by atoms with van der Waals surface area (Å²) in [5.74, 6) is 0.631. The highest BCUT2D eigenvalue weighted by Gasteiger charge is 2.25. The Hall–Kier alpha value is -1.65. The van der Waals surface area contributed by atoms with Crippen molar-refractivity contribution in [3.8, 4) is 5.69 Å². The van der Waals surface area contributed by atoms with Crippen molar-refractivity contribution in [2.45, 2.75) is 25.9 Å². The average Bonchev–Trinajstić information content (AvgIpc) is 3.10. The Kier molecular flexibility index (Phi) is 3.85. The van der Waals surface area contributed by atoms with E-state index in [9.17, 15) is 0 Å². The van der Waals surface area contributed by atoms with E-state index in [0.717, 1.165) is 31.0 Å². The molecule has 1 aromatic heterocycles. The minimum atomic E-state index is 0.293. The Labute approximate surface area is 120 Å². The van der Waals surface area contributed by atoms with Crippen molar-refractivity contribution < 1.29 is 0 Å². The molecule has 1 aliphatic heterocycles. The highest BCUT2D eigenvalue weighted by Crippen LogP contribution is 2.20. The standard InChI is InChI=1S/C16H22N4/c1-13(17)14-7-9-19(11-14)12-15-8-10-20(18-15)16-5-3-2-4-6-16/h2-6,8,10,13-14H,7,9,11-12,17H2,1H3. The molecule has 3 rings (SSSR count). The molecule has 2 atom stereocenters. The van der Waals surface area contributed by atoms with Crippen LogP contribution in [-0.2, 0) is 6.54 Å². The lowest BCUT2D eigenvalue weighted by Crippen LogP contribution is -2.29. The largest absolute Gasteiger partial charge is 0.328 e. The first kappa shape index (κ1) is 13.3. The summed E-state index contributed by atoms with van der Waals surface area (Å²) in [5, 5.41) is 4.66. The molecule has 2 unspecified atom stereocenters. The number of hydrogen-bond acceptors (Lipinski definition) is 3. The molecule has 0 saturated carbocycles. The van der Waals surface area contributed by atoms with Crippen molar-refractivity contribution in [2.24, 2.45) is 11.7 Å². The second-order valence-electron chi connectivity index (χ2n) is 5.73. The molecule has 0 aliphatic carbocycles. The minimum Gasteiger partial charge on any atom is -0.328 e. The van der Waals surface area contributed by atoms with E-state index < -0.39 is 0 Å². The molecule has 2 N–H and O–H groups in total. The van der Waals surface area contributed by atoms with Gasteiger partial charge in [0.1, 0.15) is 0 Å². The molecule has 2 heterocycles. The van der Waals surface area contributed by atoms with Crippen LogP contribution in [0.15, 0.2) is 42.6 Å². The molecule has 2 aromatic rings. The van der Waals surface area contributed by atoms with Crippen LogP contribution in [0, 0.1) is 5.92 Å². The second-order valence-corrected chi connectivity index (χ2v) is 5.73. The Morgan fingerprint density at radius 3 is 2.80 bits per heavy atom. The van der Waals surface area contributed by atoms with Gasteiger partial charge in [0.05, 0.1) is 11.4 Å². The maximum Gasteiger partial charge on any atom is 0.0769 e. The van der Waals surface area contributed by atoms with Gasteiger partial charge in [0.25, 0.3) is 0 Å². The molecule has 0 amide bonds. The lowest BCUT2D eigenvalue weighted by Gasteiger charge is -2.16. The van der Waals surface area contributed by atoms with Gasteiger partial charge in [0, 0.05) is 25.3 Å². The monoisotopic (exact) mass is 270 g/mol. The predicted molar refractivity (Wildman–Crippen MR) is 80.6 cm³/mol. The third-order valence-electron chi connectivity index (χ3n) is 4.10. The number of rotatable bonds is 4. The van der Waals surface area contributed by atoms with Crippen LogP contribution in [0.1, 0.15) is 19.0 Å². The zero-order valence-electron chi connectivity index (χ0n) is 11.9. The van der Waals surface area contributed by atoms with E-state index in [0.29, 0.717) is 12.0 Å². The first-order valence-corrected chi connectivity index (χ1v) is 7.30. The van der Waals surface area contributed by atoms with Crippen molar-refractivity contribution >= 4 is 0 Å². The second kappa shape index (κ2) is 5.77. The lowest BCUT2D eigenvalue weighted by molar-refractivity contribution is 0.304. The van der Waals surface area contributed by atoms with Crippen LogP contribution < -0.4 is 5.73 Å². The summed E-state index contributed by atoms with van der Waals surface area (Å²) >= 11 is 0. The third-order valence-corrected chi connectivity index (χ3v) is 4.10. The van der Waals surface area contributed by atoms with Gasteiger partial charge < -0.3 is 5.73 Å². The molecule has 1 aliphatic rings. The SMILES string of the molecule is CC(N)C1CCN(Cc2ccn(-c3ccccc3)n2)C1. The van der Waals surface area contributed by atoms with Crippen LogP contribution in [0.25, 0.3) is 5.69 Å². The Balaban J connectivity index is 1.64. The van der Waals surface area contributed by atoms with Gasteiger partial charge in [-0.25, -0.2) is 4.68 Å². The predicted octanol–water partition coefficient (Wildman–Crippen LogP) is 2.04. The van der Waals surface area contributed by atoms with Crippen molar-refractivity contribution in [1.29, 1.82) is 0 Å². The van der Waals surface area contributed by atoms with Crippen LogP contribution >= 0.6 is 0 Å². The molecule has 1 aromatic carbocycles. The van der Waals surface area contributed by atoms with Gasteiger partial charge >= 0.3 is 0 Å². The van der Waals surface area contributed by atoms with Gasteiger partial charge in [-0.05, 0) is 44.0 Å². The normalized spacial score (nSPS) is 21.2. The van der Waals surface area contributed by atoms with Gasteiger partial charge in [-0.15, -0.1) is 0 Å². The topological polar surface area (TPSA) is 47.1 Å². The Bertz CT molecular complexity index is 547. The average molecular weight is 270 g/mol. The van der Waals surface area contributed by atoms with Gasteiger partial charge in [0.15, 0.2) is 0 Å². The summed E-state index contributed by atoms with van der Waals surface area (Å²) in [4.78, 5) is 2.45. The minimum absolute atomic E-state index is 0.293. The first-order valence-electron chi connectivity index (χ1n) is 7.30. The molecule has 0 radical (unpaired) electrons. The number of para-hydroxylation sites is 1. The molecule has 1 saturated heterocycles. The quantitative estimate of drug-likeness (QED) is 0.925. The highest BCUT2D eigenvalue weighted by molar-refractivity contribution is 5.30. The number of aromatic nitrogens is 2. The van der Waals surface area contributed by atoms with Crippen molar-refractivity contribution in [3.05, 3.63) is 48.3 Å². The third kappa shape index (κ3) is 2.92. The summed E-state index contributed by atoms with van der Waals surface area (Å²) in [6.45, 7) is 5.25.